The Labute approximate surface area is 121 Å². The van der Waals surface area contributed by atoms with Gasteiger partial charge < -0.3 is 15.8 Å². The fourth-order valence-electron chi connectivity index (χ4n) is 2.24. The fourth-order valence-corrected chi connectivity index (χ4v) is 2.24. The third-order valence-corrected chi connectivity index (χ3v) is 3.63. The molecule has 3 N–H and O–H groups in total. The summed E-state index contributed by atoms with van der Waals surface area (Å²) < 4.78 is 4.70. The quantitative estimate of drug-likeness (QED) is 0.767. The number of rotatable bonds is 4. The van der Waals surface area contributed by atoms with Crippen LogP contribution in [0.5, 0.6) is 0 Å². The molecule has 0 aromatic carbocycles. The molecule has 0 atom stereocenters. The van der Waals surface area contributed by atoms with Gasteiger partial charge in [-0.25, -0.2) is 0 Å². The third kappa shape index (κ3) is 4.66. The van der Waals surface area contributed by atoms with E-state index < -0.39 is 11.0 Å². The van der Waals surface area contributed by atoms with Crippen molar-refractivity contribution in [3.05, 3.63) is 0 Å². The first-order valence-electron chi connectivity index (χ1n) is 6.47. The largest absolute Gasteiger partial charge is 0.469 e. The number of hydrogen-bond acceptors (Lipinski definition) is 4. The smallest absolute Gasteiger partial charge is 0.313 e. The van der Waals surface area contributed by atoms with Gasteiger partial charge in [0, 0.05) is 6.54 Å². The number of amides is 1. The number of carbonyl (C=O) groups is 2. The van der Waals surface area contributed by atoms with Crippen LogP contribution in [0.15, 0.2) is 0 Å². The van der Waals surface area contributed by atoms with Gasteiger partial charge >= 0.3 is 5.97 Å². The Hall–Kier alpha value is -0.810. The van der Waals surface area contributed by atoms with Crippen molar-refractivity contribution in [2.24, 2.45) is 11.1 Å². The van der Waals surface area contributed by atoms with E-state index in [-0.39, 0.29) is 30.8 Å². The Morgan fingerprint density at radius 2 is 1.79 bits per heavy atom. The van der Waals surface area contributed by atoms with E-state index in [1.807, 2.05) is 0 Å². The van der Waals surface area contributed by atoms with E-state index in [2.05, 4.69) is 5.32 Å². The van der Waals surface area contributed by atoms with E-state index in [1.54, 1.807) is 13.8 Å². The molecular formula is C13H25ClN2O3. The summed E-state index contributed by atoms with van der Waals surface area (Å²) in [4.78, 5) is 23.6. The standard InChI is InChI=1S/C13H24N2O3.ClH/c1-12(2,11(17)18-3)9-15-10(16)13(14)7-5-4-6-8-13;/h4-9,14H2,1-3H3,(H,15,16);1H. The second-order valence-electron chi connectivity index (χ2n) is 5.77. The molecule has 112 valence electrons. The summed E-state index contributed by atoms with van der Waals surface area (Å²) in [7, 11) is 1.34. The number of ether oxygens (including phenoxy) is 1. The number of nitrogens with two attached hydrogens (primary N) is 1. The Morgan fingerprint density at radius 3 is 2.26 bits per heavy atom. The van der Waals surface area contributed by atoms with Crippen molar-refractivity contribution in [3.63, 3.8) is 0 Å². The van der Waals surface area contributed by atoms with Crippen LogP contribution in [-0.2, 0) is 14.3 Å². The molecule has 1 saturated carbocycles. The van der Waals surface area contributed by atoms with E-state index >= 15 is 0 Å². The summed E-state index contributed by atoms with van der Waals surface area (Å²) in [5, 5.41) is 2.78. The lowest BCUT2D eigenvalue weighted by molar-refractivity contribution is -0.150. The SMILES string of the molecule is COC(=O)C(C)(C)CNC(=O)C1(N)CCCCC1.Cl. The summed E-state index contributed by atoms with van der Waals surface area (Å²) in [6.45, 7) is 3.73. The molecule has 6 heteroatoms. The second-order valence-corrected chi connectivity index (χ2v) is 5.77. The van der Waals surface area contributed by atoms with Gasteiger partial charge in [-0.3, -0.25) is 9.59 Å². The van der Waals surface area contributed by atoms with Crippen LogP contribution in [-0.4, -0.2) is 31.1 Å². The van der Waals surface area contributed by atoms with Gasteiger partial charge in [-0.05, 0) is 26.7 Å². The third-order valence-electron chi connectivity index (χ3n) is 3.63. The molecule has 1 rings (SSSR count). The molecule has 0 aliphatic heterocycles. The lowest BCUT2D eigenvalue weighted by Gasteiger charge is -2.33. The molecule has 0 heterocycles. The van der Waals surface area contributed by atoms with Gasteiger partial charge in [0.25, 0.3) is 0 Å². The van der Waals surface area contributed by atoms with E-state index in [4.69, 9.17) is 10.5 Å². The van der Waals surface area contributed by atoms with Gasteiger partial charge in [0.2, 0.25) is 5.91 Å². The number of nitrogens with one attached hydrogen (secondary N) is 1. The number of esters is 1. The van der Waals surface area contributed by atoms with Crippen LogP contribution < -0.4 is 11.1 Å². The Balaban J connectivity index is 0.00000324. The van der Waals surface area contributed by atoms with Crippen LogP contribution in [0.3, 0.4) is 0 Å². The molecular weight excluding hydrogens is 268 g/mol. The van der Waals surface area contributed by atoms with Gasteiger partial charge in [-0.15, -0.1) is 12.4 Å². The average Bonchev–Trinajstić information content (AvgIpc) is 2.35. The Kier molecular flexibility index (Phi) is 6.80. The molecule has 1 amide bonds. The first kappa shape index (κ1) is 18.2. The van der Waals surface area contributed by atoms with E-state index in [9.17, 15) is 9.59 Å². The number of carbonyl (C=O) groups excluding carboxylic acids is 2. The van der Waals surface area contributed by atoms with Crippen LogP contribution >= 0.6 is 12.4 Å². The van der Waals surface area contributed by atoms with Crippen molar-refractivity contribution in [2.45, 2.75) is 51.5 Å². The van der Waals surface area contributed by atoms with Crippen LogP contribution in [0.2, 0.25) is 0 Å². The molecule has 0 aromatic heterocycles. The van der Waals surface area contributed by atoms with Gasteiger partial charge in [0.1, 0.15) is 0 Å². The van der Waals surface area contributed by atoms with Crippen molar-refractivity contribution in [1.82, 2.24) is 5.32 Å². The molecule has 0 radical (unpaired) electrons. The molecule has 0 spiro atoms. The summed E-state index contributed by atoms with van der Waals surface area (Å²) >= 11 is 0. The Morgan fingerprint density at radius 1 is 1.26 bits per heavy atom. The lowest BCUT2D eigenvalue weighted by Crippen LogP contribution is -2.56. The number of halogens is 1. The maximum atomic E-state index is 12.1. The zero-order chi connectivity index (χ0) is 13.8. The zero-order valence-corrected chi connectivity index (χ0v) is 12.8. The average molecular weight is 293 g/mol. The molecule has 1 aliphatic rings. The summed E-state index contributed by atoms with van der Waals surface area (Å²) in [6, 6.07) is 0. The molecule has 1 fully saturated rings. The van der Waals surface area contributed by atoms with Crippen molar-refractivity contribution >= 4 is 24.3 Å². The number of methoxy groups -OCH3 is 1. The van der Waals surface area contributed by atoms with Gasteiger partial charge in [-0.1, -0.05) is 19.3 Å². The molecule has 0 bridgehead atoms. The molecule has 0 saturated heterocycles. The van der Waals surface area contributed by atoms with Crippen LogP contribution in [0.25, 0.3) is 0 Å². The van der Waals surface area contributed by atoms with Crippen molar-refractivity contribution in [1.29, 1.82) is 0 Å². The van der Waals surface area contributed by atoms with Gasteiger partial charge in [0.05, 0.1) is 18.1 Å². The number of hydrogen-bond donors (Lipinski definition) is 2. The maximum Gasteiger partial charge on any atom is 0.313 e. The van der Waals surface area contributed by atoms with E-state index in [1.165, 1.54) is 7.11 Å². The lowest BCUT2D eigenvalue weighted by atomic mass is 9.81. The van der Waals surface area contributed by atoms with Crippen molar-refractivity contribution < 1.29 is 14.3 Å². The summed E-state index contributed by atoms with van der Waals surface area (Å²) in [6.07, 6.45) is 4.56. The molecule has 1 aliphatic carbocycles. The monoisotopic (exact) mass is 292 g/mol. The highest BCUT2D eigenvalue weighted by Crippen LogP contribution is 2.26. The highest BCUT2D eigenvalue weighted by Gasteiger charge is 2.37. The normalized spacial score (nSPS) is 18.1. The predicted octanol–water partition coefficient (Wildman–Crippen LogP) is 1.39. The highest BCUT2D eigenvalue weighted by molar-refractivity contribution is 5.87. The van der Waals surface area contributed by atoms with Gasteiger partial charge in [-0.2, -0.15) is 0 Å². The minimum Gasteiger partial charge on any atom is -0.469 e. The second kappa shape index (κ2) is 7.10. The van der Waals surface area contributed by atoms with E-state index in [0.717, 1.165) is 32.1 Å². The topological polar surface area (TPSA) is 81.4 Å². The summed E-state index contributed by atoms with van der Waals surface area (Å²) in [5.74, 6) is -0.489. The predicted molar refractivity (Wildman–Crippen MR) is 76.1 cm³/mol. The molecule has 19 heavy (non-hydrogen) atoms. The minimum absolute atomic E-state index is 0. The van der Waals surface area contributed by atoms with Crippen molar-refractivity contribution in [2.75, 3.05) is 13.7 Å². The Bertz CT molecular complexity index is 326. The first-order valence-corrected chi connectivity index (χ1v) is 6.47. The summed E-state index contributed by atoms with van der Waals surface area (Å²) in [5.41, 5.74) is 4.63. The molecule has 5 nitrogen and oxygen atoms in total. The van der Waals surface area contributed by atoms with E-state index in [0.29, 0.717) is 0 Å². The maximum absolute atomic E-state index is 12.1. The zero-order valence-electron chi connectivity index (χ0n) is 12.0. The minimum atomic E-state index is -0.759. The van der Waals surface area contributed by atoms with Crippen LogP contribution in [0, 0.1) is 5.41 Å². The van der Waals surface area contributed by atoms with Gasteiger partial charge in [0.15, 0.2) is 0 Å². The first-order chi connectivity index (χ1) is 8.32. The van der Waals surface area contributed by atoms with Crippen LogP contribution in [0.1, 0.15) is 46.0 Å². The molecule has 0 aromatic rings. The highest BCUT2D eigenvalue weighted by atomic mass is 35.5. The fraction of sp³-hybridized carbons (Fsp3) is 0.846. The molecule has 0 unspecified atom stereocenters. The van der Waals surface area contributed by atoms with Crippen LogP contribution in [0.4, 0.5) is 0 Å². The van der Waals surface area contributed by atoms with Crippen molar-refractivity contribution in [3.8, 4) is 0 Å².